The first-order valence-electron chi connectivity index (χ1n) is 10.2. The molecule has 30 heavy (non-hydrogen) atoms. The molecule has 0 aliphatic carbocycles. The van der Waals surface area contributed by atoms with Gasteiger partial charge in [0.25, 0.3) is 5.56 Å². The summed E-state index contributed by atoms with van der Waals surface area (Å²) in [6, 6.07) is 16.3. The summed E-state index contributed by atoms with van der Waals surface area (Å²) in [6.45, 7) is 9.69. The first-order chi connectivity index (χ1) is 14.4. The summed E-state index contributed by atoms with van der Waals surface area (Å²) < 4.78 is 7.22. The fourth-order valence-corrected chi connectivity index (χ4v) is 4.40. The zero-order valence-corrected chi connectivity index (χ0v) is 18.6. The van der Waals surface area contributed by atoms with Crippen molar-refractivity contribution in [3.63, 3.8) is 0 Å². The highest BCUT2D eigenvalue weighted by Crippen LogP contribution is 2.31. The van der Waals surface area contributed by atoms with E-state index < -0.39 is 0 Å². The summed E-state index contributed by atoms with van der Waals surface area (Å²) in [5.74, 6) is 0.829. The molecule has 0 spiro atoms. The molecule has 0 atom stereocenters. The number of hydrogen-bond acceptors (Lipinski definition) is 4. The van der Waals surface area contributed by atoms with Gasteiger partial charge in [-0.25, -0.2) is 4.98 Å². The largest absolute Gasteiger partial charge is 0.494 e. The van der Waals surface area contributed by atoms with Crippen LogP contribution in [0.3, 0.4) is 0 Å². The molecule has 0 amide bonds. The van der Waals surface area contributed by atoms with E-state index in [0.717, 1.165) is 27.3 Å². The highest BCUT2D eigenvalue weighted by Gasteiger charge is 2.15. The summed E-state index contributed by atoms with van der Waals surface area (Å²) in [4.78, 5) is 18.6. The number of nitrogens with zero attached hydrogens (tertiary/aromatic N) is 2. The van der Waals surface area contributed by atoms with E-state index in [1.807, 2.05) is 36.6 Å². The molecule has 0 radical (unpaired) electrons. The van der Waals surface area contributed by atoms with Crippen molar-refractivity contribution in [3.05, 3.63) is 81.7 Å². The van der Waals surface area contributed by atoms with Gasteiger partial charge in [0.1, 0.15) is 10.6 Å². The lowest BCUT2D eigenvalue weighted by molar-refractivity contribution is 0.340. The van der Waals surface area contributed by atoms with Crippen LogP contribution in [-0.2, 0) is 12.0 Å². The van der Waals surface area contributed by atoms with Gasteiger partial charge in [-0.05, 0) is 41.2 Å². The lowest BCUT2D eigenvalue weighted by Crippen LogP contribution is -2.21. The van der Waals surface area contributed by atoms with Gasteiger partial charge in [-0.2, -0.15) is 0 Å². The van der Waals surface area contributed by atoms with Gasteiger partial charge in [0, 0.05) is 10.9 Å². The number of aromatic nitrogens is 2. The molecular weight excluding hydrogens is 392 g/mol. The number of thiophene rings is 1. The number of ether oxygens (including phenoxy) is 1. The monoisotopic (exact) mass is 418 g/mol. The number of fused-ring (bicyclic) bond motifs is 1. The van der Waals surface area contributed by atoms with E-state index in [0.29, 0.717) is 18.5 Å². The minimum absolute atomic E-state index is 0.00923. The third-order valence-electron chi connectivity index (χ3n) is 5.21. The van der Waals surface area contributed by atoms with Crippen LogP contribution in [-0.4, -0.2) is 16.2 Å². The Morgan fingerprint density at radius 2 is 1.73 bits per heavy atom. The Kier molecular flexibility index (Phi) is 5.48. The molecule has 0 N–H and O–H groups in total. The molecule has 5 heteroatoms. The topological polar surface area (TPSA) is 44.1 Å². The summed E-state index contributed by atoms with van der Waals surface area (Å²) in [5, 5.41) is 2.69. The second-order valence-corrected chi connectivity index (χ2v) is 9.27. The number of rotatable bonds is 5. The third-order valence-corrected chi connectivity index (χ3v) is 6.10. The normalized spacial score (nSPS) is 11.7. The first-order valence-corrected chi connectivity index (χ1v) is 11.0. The van der Waals surface area contributed by atoms with Crippen molar-refractivity contribution in [1.29, 1.82) is 0 Å². The fraction of sp³-hybridized carbons (Fsp3) is 0.280. The van der Waals surface area contributed by atoms with E-state index in [4.69, 9.17) is 4.74 Å². The Hall–Kier alpha value is -2.92. The van der Waals surface area contributed by atoms with Gasteiger partial charge in [0.2, 0.25) is 0 Å². The molecule has 2 aromatic heterocycles. The Balaban J connectivity index is 1.68. The lowest BCUT2D eigenvalue weighted by atomic mass is 9.87. The van der Waals surface area contributed by atoms with Crippen LogP contribution < -0.4 is 10.3 Å². The predicted octanol–water partition coefficient (Wildman–Crippen LogP) is 5.87. The van der Waals surface area contributed by atoms with Gasteiger partial charge >= 0.3 is 0 Å². The van der Waals surface area contributed by atoms with E-state index in [2.05, 4.69) is 50.0 Å². The molecule has 0 unspecified atom stereocenters. The van der Waals surface area contributed by atoms with Crippen LogP contribution in [0.2, 0.25) is 0 Å². The van der Waals surface area contributed by atoms with Gasteiger partial charge in [0.15, 0.2) is 0 Å². The van der Waals surface area contributed by atoms with E-state index in [1.165, 1.54) is 16.9 Å². The number of hydrogen-bond donors (Lipinski definition) is 0. The Morgan fingerprint density at radius 3 is 2.37 bits per heavy atom. The molecule has 0 aliphatic heterocycles. The van der Waals surface area contributed by atoms with Gasteiger partial charge in [-0.3, -0.25) is 9.36 Å². The molecule has 0 saturated carbocycles. The molecule has 0 fully saturated rings. The fourth-order valence-electron chi connectivity index (χ4n) is 3.50. The Bertz CT molecular complexity index is 1210. The second kappa shape index (κ2) is 8.07. The molecule has 2 aromatic carbocycles. The summed E-state index contributed by atoms with van der Waals surface area (Å²) >= 11 is 1.50. The highest BCUT2D eigenvalue weighted by atomic mass is 32.1. The van der Waals surface area contributed by atoms with Gasteiger partial charge in [0.05, 0.1) is 24.9 Å². The van der Waals surface area contributed by atoms with E-state index in [1.54, 1.807) is 10.9 Å². The molecular formula is C25H26N2O2S. The molecule has 4 nitrogen and oxygen atoms in total. The lowest BCUT2D eigenvalue weighted by Gasteiger charge is -2.19. The zero-order chi connectivity index (χ0) is 21.3. The van der Waals surface area contributed by atoms with Crippen molar-refractivity contribution in [1.82, 2.24) is 9.55 Å². The van der Waals surface area contributed by atoms with Crippen LogP contribution in [0.5, 0.6) is 5.75 Å². The number of benzene rings is 2. The van der Waals surface area contributed by atoms with Crippen LogP contribution in [0.1, 0.15) is 38.8 Å². The molecule has 4 aromatic rings. The standard InChI is InChI=1S/C25H26N2O2S/c1-5-29-20-12-8-18(9-13-20)21-15-30-23-22(21)24(28)27(16-26-23)14-17-6-10-19(11-7-17)25(2,3)4/h6-13,15-16H,5,14H2,1-4H3. The maximum atomic E-state index is 13.3. The molecule has 4 rings (SSSR count). The molecule has 0 saturated heterocycles. The average Bonchev–Trinajstić information content (AvgIpc) is 3.16. The van der Waals surface area contributed by atoms with Crippen molar-refractivity contribution in [2.45, 2.75) is 39.7 Å². The smallest absolute Gasteiger partial charge is 0.263 e. The Labute approximate surface area is 180 Å². The molecule has 2 heterocycles. The van der Waals surface area contributed by atoms with Crippen molar-refractivity contribution in [2.75, 3.05) is 6.61 Å². The molecule has 0 bridgehead atoms. The zero-order valence-electron chi connectivity index (χ0n) is 17.8. The summed E-state index contributed by atoms with van der Waals surface area (Å²) in [5.41, 5.74) is 4.39. The van der Waals surface area contributed by atoms with Crippen molar-refractivity contribution >= 4 is 21.6 Å². The van der Waals surface area contributed by atoms with Crippen LogP contribution in [0, 0.1) is 0 Å². The van der Waals surface area contributed by atoms with Crippen LogP contribution >= 0.6 is 11.3 Å². The van der Waals surface area contributed by atoms with Crippen molar-refractivity contribution in [2.24, 2.45) is 0 Å². The molecule has 154 valence electrons. The van der Waals surface area contributed by atoms with Crippen LogP contribution in [0.4, 0.5) is 0 Å². The Morgan fingerprint density at radius 1 is 1.03 bits per heavy atom. The molecule has 0 aliphatic rings. The highest BCUT2D eigenvalue weighted by molar-refractivity contribution is 7.17. The predicted molar refractivity (Wildman–Crippen MR) is 125 cm³/mol. The summed E-state index contributed by atoms with van der Waals surface area (Å²) in [6.07, 6.45) is 1.65. The van der Waals surface area contributed by atoms with Crippen molar-refractivity contribution in [3.8, 4) is 16.9 Å². The van der Waals surface area contributed by atoms with Crippen LogP contribution in [0.25, 0.3) is 21.3 Å². The van der Waals surface area contributed by atoms with Gasteiger partial charge < -0.3 is 4.74 Å². The maximum absolute atomic E-state index is 13.3. The van der Waals surface area contributed by atoms with E-state index in [-0.39, 0.29) is 11.0 Å². The minimum atomic E-state index is -0.00923. The first kappa shape index (κ1) is 20.4. The maximum Gasteiger partial charge on any atom is 0.263 e. The third kappa shape index (κ3) is 4.03. The van der Waals surface area contributed by atoms with Gasteiger partial charge in [-0.1, -0.05) is 57.2 Å². The quantitative estimate of drug-likeness (QED) is 0.407. The summed E-state index contributed by atoms with van der Waals surface area (Å²) in [7, 11) is 0. The average molecular weight is 419 g/mol. The van der Waals surface area contributed by atoms with Crippen molar-refractivity contribution < 1.29 is 4.74 Å². The minimum Gasteiger partial charge on any atom is -0.494 e. The van der Waals surface area contributed by atoms with E-state index >= 15 is 0 Å². The van der Waals surface area contributed by atoms with Crippen LogP contribution in [0.15, 0.2) is 65.0 Å². The van der Waals surface area contributed by atoms with E-state index in [9.17, 15) is 4.79 Å². The SMILES string of the molecule is CCOc1ccc(-c2csc3ncn(Cc4ccc(C(C)(C)C)cc4)c(=O)c23)cc1. The second-order valence-electron chi connectivity index (χ2n) is 8.41. The van der Waals surface area contributed by atoms with Gasteiger partial charge in [-0.15, -0.1) is 11.3 Å².